The van der Waals surface area contributed by atoms with E-state index in [4.69, 9.17) is 9.84 Å². The normalized spacial score (nSPS) is 11.8. The van der Waals surface area contributed by atoms with E-state index < -0.39 is 14.2 Å². The number of rotatable bonds is 10. The molecule has 0 saturated heterocycles. The number of benzene rings is 1. The van der Waals surface area contributed by atoms with E-state index >= 15 is 0 Å². The lowest BCUT2D eigenvalue weighted by molar-refractivity contribution is 0.0843. The Hall–Kier alpha value is -1.71. The second-order valence-corrected chi connectivity index (χ2v) is 14.0. The minimum atomic E-state index is -1.14. The van der Waals surface area contributed by atoms with Gasteiger partial charge in [0.25, 0.3) is 0 Å². The molecule has 0 aliphatic heterocycles. The molecule has 0 atom stereocenters. The number of aromatic hydroxyl groups is 1. The molecule has 7 nitrogen and oxygen atoms in total. The van der Waals surface area contributed by atoms with Gasteiger partial charge in [0.1, 0.15) is 12.5 Å². The van der Waals surface area contributed by atoms with Crippen LogP contribution in [0.2, 0.25) is 25.7 Å². The van der Waals surface area contributed by atoms with Crippen LogP contribution in [0.5, 0.6) is 5.75 Å². The zero-order valence-corrected chi connectivity index (χ0v) is 17.3. The van der Waals surface area contributed by atoms with Gasteiger partial charge in [-0.2, -0.15) is 0 Å². The van der Waals surface area contributed by atoms with Gasteiger partial charge in [0.05, 0.1) is 11.0 Å². The van der Waals surface area contributed by atoms with Crippen LogP contribution in [0.3, 0.4) is 0 Å². The van der Waals surface area contributed by atoms with Crippen LogP contribution in [0.25, 0.3) is 11.0 Å². The molecule has 2 rings (SSSR count). The Morgan fingerprint density at radius 1 is 1.38 bits per heavy atom. The van der Waals surface area contributed by atoms with Crippen LogP contribution < -0.4 is 5.32 Å². The third kappa shape index (κ3) is 6.54. The minimum Gasteiger partial charge on any atom is -0.508 e. The monoisotopic (exact) mass is 397 g/mol. The molecule has 1 aromatic carbocycles. The molecule has 0 aliphatic carbocycles. The van der Waals surface area contributed by atoms with Crippen molar-refractivity contribution < 1.29 is 19.7 Å². The van der Waals surface area contributed by atoms with E-state index in [-0.39, 0.29) is 5.75 Å². The lowest BCUT2D eigenvalue weighted by Gasteiger charge is -2.16. The standard InChI is InChI=1S/C17H27N3O4SSi/c1-26(2,3)10-8-24-12-20-15-6-5-13(21)11-14(15)19-16(20)25-9-4-7-18-17(22)23/h5-6,11,18,21H,4,7-10,12H2,1-3H3,(H,22,23). The number of hydrogen-bond donors (Lipinski definition) is 3. The molecule has 0 fully saturated rings. The lowest BCUT2D eigenvalue weighted by atomic mass is 10.3. The Morgan fingerprint density at radius 3 is 2.85 bits per heavy atom. The minimum absolute atomic E-state index is 0.184. The molecule has 3 N–H and O–H groups in total. The molecule has 0 spiro atoms. The first kappa shape index (κ1) is 20.6. The summed E-state index contributed by atoms with van der Waals surface area (Å²) in [7, 11) is -1.14. The quantitative estimate of drug-likeness (QED) is 0.320. The van der Waals surface area contributed by atoms with Crippen LogP contribution in [0.15, 0.2) is 23.4 Å². The number of fused-ring (bicyclic) bond motifs is 1. The number of thioether (sulfide) groups is 1. The van der Waals surface area contributed by atoms with Crippen molar-refractivity contribution >= 4 is 37.0 Å². The van der Waals surface area contributed by atoms with Crippen molar-refractivity contribution in [3.8, 4) is 5.75 Å². The molecule has 26 heavy (non-hydrogen) atoms. The number of carboxylic acid groups (broad SMARTS) is 1. The average molecular weight is 398 g/mol. The maximum atomic E-state index is 10.5. The summed E-state index contributed by atoms with van der Waals surface area (Å²) in [5.74, 6) is 0.925. The molecule has 0 unspecified atom stereocenters. The topological polar surface area (TPSA) is 96.6 Å². The van der Waals surface area contributed by atoms with Crippen molar-refractivity contribution in [3.63, 3.8) is 0 Å². The molecule has 0 saturated carbocycles. The maximum absolute atomic E-state index is 10.5. The van der Waals surface area contributed by atoms with Gasteiger partial charge in [0.2, 0.25) is 0 Å². The molecule has 0 aliphatic rings. The third-order valence-electron chi connectivity index (χ3n) is 3.74. The SMILES string of the molecule is C[Si](C)(C)CCOCn1c(SCCCNC(=O)O)nc2cc(O)ccc21. The van der Waals surface area contributed by atoms with Gasteiger partial charge < -0.3 is 20.3 Å². The average Bonchev–Trinajstić information content (AvgIpc) is 2.86. The van der Waals surface area contributed by atoms with E-state index in [1.807, 2.05) is 10.6 Å². The molecular weight excluding hydrogens is 370 g/mol. The fourth-order valence-corrected chi connectivity index (χ4v) is 3.99. The van der Waals surface area contributed by atoms with Crippen molar-refractivity contribution in [2.75, 3.05) is 18.9 Å². The van der Waals surface area contributed by atoms with Crippen molar-refractivity contribution in [3.05, 3.63) is 18.2 Å². The summed E-state index contributed by atoms with van der Waals surface area (Å²) in [5.41, 5.74) is 1.65. The Labute approximate surface area is 158 Å². The number of phenolic OH excluding ortho intramolecular Hbond substituents is 1. The van der Waals surface area contributed by atoms with E-state index in [0.717, 1.165) is 34.6 Å². The number of amides is 1. The second-order valence-electron chi connectivity index (χ2n) is 7.28. The van der Waals surface area contributed by atoms with Crippen LogP contribution in [0.4, 0.5) is 4.79 Å². The zero-order chi connectivity index (χ0) is 19.2. The maximum Gasteiger partial charge on any atom is 0.404 e. The fraction of sp³-hybridized carbons (Fsp3) is 0.529. The van der Waals surface area contributed by atoms with Gasteiger partial charge in [0.15, 0.2) is 5.16 Å². The number of carbonyl (C=O) groups is 1. The first-order valence-corrected chi connectivity index (χ1v) is 13.3. The zero-order valence-electron chi connectivity index (χ0n) is 15.5. The van der Waals surface area contributed by atoms with Gasteiger partial charge in [-0.3, -0.25) is 4.57 Å². The Balaban J connectivity index is 2.02. The largest absolute Gasteiger partial charge is 0.508 e. The predicted octanol–water partition coefficient (Wildman–Crippen LogP) is 3.80. The summed E-state index contributed by atoms with van der Waals surface area (Å²) in [6.45, 7) is 8.51. The van der Waals surface area contributed by atoms with E-state index in [9.17, 15) is 9.90 Å². The lowest BCUT2D eigenvalue weighted by Crippen LogP contribution is -2.22. The van der Waals surface area contributed by atoms with Gasteiger partial charge in [-0.25, -0.2) is 9.78 Å². The number of nitrogens with one attached hydrogen (secondary N) is 1. The highest BCUT2D eigenvalue weighted by Crippen LogP contribution is 2.27. The van der Waals surface area contributed by atoms with Gasteiger partial charge in [-0.1, -0.05) is 31.4 Å². The summed E-state index contributed by atoms with van der Waals surface area (Å²) < 4.78 is 7.89. The van der Waals surface area contributed by atoms with Crippen LogP contribution in [-0.2, 0) is 11.5 Å². The summed E-state index contributed by atoms with van der Waals surface area (Å²) in [6.07, 6.45) is -0.296. The van der Waals surface area contributed by atoms with E-state index in [2.05, 4.69) is 29.9 Å². The second kappa shape index (κ2) is 9.29. The van der Waals surface area contributed by atoms with E-state index in [1.165, 1.54) is 0 Å². The highest BCUT2D eigenvalue weighted by Gasteiger charge is 2.14. The number of ether oxygens (including phenoxy) is 1. The van der Waals surface area contributed by atoms with Crippen LogP contribution in [0.1, 0.15) is 6.42 Å². The van der Waals surface area contributed by atoms with Crippen LogP contribution in [0, 0.1) is 0 Å². The molecule has 9 heteroatoms. The highest BCUT2D eigenvalue weighted by atomic mass is 32.2. The van der Waals surface area contributed by atoms with Gasteiger partial charge in [-0.15, -0.1) is 0 Å². The number of aromatic nitrogens is 2. The van der Waals surface area contributed by atoms with E-state index in [1.54, 1.807) is 23.9 Å². The van der Waals surface area contributed by atoms with Gasteiger partial charge in [0, 0.05) is 33.0 Å². The molecule has 1 heterocycles. The third-order valence-corrected chi connectivity index (χ3v) is 6.51. The molecule has 1 aromatic heterocycles. The van der Waals surface area contributed by atoms with Crippen molar-refractivity contribution in [1.82, 2.24) is 14.9 Å². The first-order valence-electron chi connectivity index (χ1n) is 8.63. The Kier molecular flexibility index (Phi) is 7.36. The smallest absolute Gasteiger partial charge is 0.404 e. The Bertz CT molecular complexity index is 745. The fourth-order valence-electron chi connectivity index (χ4n) is 2.30. The molecule has 0 bridgehead atoms. The number of hydrogen-bond acceptors (Lipinski definition) is 5. The number of phenols is 1. The molecule has 1 amide bonds. The van der Waals surface area contributed by atoms with Gasteiger partial charge in [-0.05, 0) is 24.6 Å². The van der Waals surface area contributed by atoms with Crippen molar-refractivity contribution in [2.45, 2.75) is 44.0 Å². The van der Waals surface area contributed by atoms with E-state index in [0.29, 0.717) is 19.7 Å². The summed E-state index contributed by atoms with van der Waals surface area (Å²) >= 11 is 1.56. The first-order chi connectivity index (χ1) is 12.3. The molecular formula is C17H27N3O4SSi. The molecule has 144 valence electrons. The summed E-state index contributed by atoms with van der Waals surface area (Å²) in [4.78, 5) is 15.1. The summed E-state index contributed by atoms with van der Waals surface area (Å²) in [6, 6.07) is 6.23. The van der Waals surface area contributed by atoms with Crippen molar-refractivity contribution in [1.29, 1.82) is 0 Å². The number of nitrogens with zero attached hydrogens (tertiary/aromatic N) is 2. The van der Waals surface area contributed by atoms with Crippen molar-refractivity contribution in [2.24, 2.45) is 0 Å². The highest BCUT2D eigenvalue weighted by molar-refractivity contribution is 7.99. The molecule has 2 aromatic rings. The van der Waals surface area contributed by atoms with Crippen LogP contribution >= 0.6 is 11.8 Å². The number of imidazole rings is 1. The van der Waals surface area contributed by atoms with Gasteiger partial charge >= 0.3 is 6.09 Å². The Morgan fingerprint density at radius 2 is 2.15 bits per heavy atom. The van der Waals surface area contributed by atoms with Crippen LogP contribution in [-0.4, -0.2) is 52.8 Å². The molecule has 0 radical (unpaired) electrons. The predicted molar refractivity (Wildman–Crippen MR) is 107 cm³/mol. The summed E-state index contributed by atoms with van der Waals surface area (Å²) in [5, 5.41) is 21.5.